The minimum Gasteiger partial charge on any atom is -1.00 e. The van der Waals surface area contributed by atoms with Crippen LogP contribution in [0.25, 0.3) is 0 Å². The van der Waals surface area contributed by atoms with Crippen molar-refractivity contribution in [1.29, 1.82) is 0 Å². The molecule has 2 rings (SSSR count). The van der Waals surface area contributed by atoms with E-state index in [-0.39, 0.29) is 58.9 Å². The smallest absolute Gasteiger partial charge is 1.00 e. The van der Waals surface area contributed by atoms with Crippen molar-refractivity contribution in [3.05, 3.63) is 53.6 Å². The first-order chi connectivity index (χ1) is 7.53. The van der Waals surface area contributed by atoms with Crippen molar-refractivity contribution in [1.82, 2.24) is 0 Å². The molecule has 0 bridgehead atoms. The number of hydrogen-bond donors (Lipinski definition) is 0. The predicted octanol–water partition coefficient (Wildman–Crippen LogP) is -6.15. The first-order valence-electron chi connectivity index (χ1n) is 5.82. The van der Waals surface area contributed by atoms with Gasteiger partial charge in [-0.1, -0.05) is 62.5 Å². The van der Waals surface area contributed by atoms with Crippen LogP contribution in [-0.2, 0) is 21.7 Å². The van der Waals surface area contributed by atoms with Crippen molar-refractivity contribution < 1.29 is 58.9 Å². The molecule has 0 amide bonds. The third-order valence-electron chi connectivity index (χ3n) is 3.66. The van der Waals surface area contributed by atoms with Crippen LogP contribution in [0.1, 0.15) is 11.1 Å². The molecule has 0 aliphatic heterocycles. The predicted molar refractivity (Wildman–Crippen MR) is 74.7 cm³/mol. The molecule has 0 spiro atoms. The first kappa shape index (κ1) is 25.3. The van der Waals surface area contributed by atoms with Crippen LogP contribution in [0, 0.1) is 13.8 Å². The maximum Gasteiger partial charge on any atom is 4.00 e. The molecule has 0 saturated carbocycles. The van der Waals surface area contributed by atoms with Gasteiger partial charge in [-0.3, -0.25) is 0 Å². The summed E-state index contributed by atoms with van der Waals surface area (Å²) in [5, 5.41) is 3.10. The van der Waals surface area contributed by atoms with Gasteiger partial charge in [0.25, 0.3) is 0 Å². The monoisotopic (exact) mass is 380 g/mol. The summed E-state index contributed by atoms with van der Waals surface area (Å²) in [6.07, 6.45) is 0. The van der Waals surface area contributed by atoms with Crippen molar-refractivity contribution in [2.24, 2.45) is 0 Å². The molecule has 2 aromatic rings. The Hall–Kier alpha value is 0.371. The summed E-state index contributed by atoms with van der Waals surface area (Å²) in [6.45, 7) is 9.32. The van der Waals surface area contributed by atoms with Gasteiger partial charge in [-0.15, -0.1) is 0 Å². The first-order valence-corrected chi connectivity index (χ1v) is 8.82. The number of rotatable bonds is 2. The molecular weight excluding hydrogens is 362 g/mol. The SMILES string of the molecule is Cc1cc[c-]([Si](C)(C)c2ccccc2)c1C.[Cl-].[Cl-].[Cl-].[Ti+4]. The summed E-state index contributed by atoms with van der Waals surface area (Å²) in [7, 11) is -1.48. The minimum atomic E-state index is -1.48. The van der Waals surface area contributed by atoms with Gasteiger partial charge in [-0.05, 0) is 0 Å². The van der Waals surface area contributed by atoms with Crippen molar-refractivity contribution in [2.75, 3.05) is 0 Å². The van der Waals surface area contributed by atoms with Crippen LogP contribution in [0.3, 0.4) is 0 Å². The van der Waals surface area contributed by atoms with Crippen LogP contribution >= 0.6 is 0 Å². The second-order valence-electron chi connectivity index (χ2n) is 5.05. The molecule has 0 unspecified atom stereocenters. The average Bonchev–Trinajstić information content (AvgIpc) is 2.61. The summed E-state index contributed by atoms with van der Waals surface area (Å²) in [5.74, 6) is 0. The van der Waals surface area contributed by atoms with Crippen molar-refractivity contribution in [2.45, 2.75) is 26.9 Å². The van der Waals surface area contributed by atoms with Crippen LogP contribution in [0.15, 0.2) is 42.5 Å². The molecule has 2 aromatic carbocycles. The van der Waals surface area contributed by atoms with Crippen LogP contribution in [-0.4, -0.2) is 8.07 Å². The fourth-order valence-electron chi connectivity index (χ4n) is 2.36. The molecule has 0 atom stereocenters. The summed E-state index contributed by atoms with van der Waals surface area (Å²) in [6, 6.07) is 15.5. The van der Waals surface area contributed by atoms with Crippen molar-refractivity contribution in [3.8, 4) is 0 Å². The van der Waals surface area contributed by atoms with E-state index >= 15 is 0 Å². The number of benzene rings is 1. The Morgan fingerprint density at radius 2 is 1.35 bits per heavy atom. The molecule has 0 saturated heterocycles. The van der Waals surface area contributed by atoms with E-state index in [2.05, 4.69) is 69.4 Å². The van der Waals surface area contributed by atoms with Gasteiger partial charge >= 0.3 is 21.7 Å². The Balaban J connectivity index is -0.000000722. The van der Waals surface area contributed by atoms with Gasteiger partial charge in [0.15, 0.2) is 0 Å². The molecule has 0 N–H and O–H groups in total. The van der Waals surface area contributed by atoms with Gasteiger partial charge in [0.05, 0.1) is 8.07 Å². The summed E-state index contributed by atoms with van der Waals surface area (Å²) >= 11 is 0. The van der Waals surface area contributed by atoms with E-state index in [9.17, 15) is 0 Å². The van der Waals surface area contributed by atoms with E-state index < -0.39 is 8.07 Å². The van der Waals surface area contributed by atoms with Crippen LogP contribution < -0.4 is 47.6 Å². The topological polar surface area (TPSA) is 0 Å². The zero-order chi connectivity index (χ0) is 11.8. The molecule has 0 aliphatic rings. The van der Waals surface area contributed by atoms with E-state index in [4.69, 9.17) is 0 Å². The zero-order valence-electron chi connectivity index (χ0n) is 12.2. The van der Waals surface area contributed by atoms with E-state index in [1.54, 1.807) is 5.19 Å². The standard InChI is InChI=1S/C15H19Si.3ClH.Ti/c1-12-10-11-15(13(12)2)16(3,4)14-8-6-5-7-9-14;;;;/h5-11H,1-4H3;3*1H;/q-1;;;;+4/p-3. The van der Waals surface area contributed by atoms with Crippen molar-refractivity contribution >= 4 is 18.4 Å². The van der Waals surface area contributed by atoms with Gasteiger partial charge in [-0.2, -0.15) is 22.4 Å². The molecule has 0 fully saturated rings. The van der Waals surface area contributed by atoms with Crippen LogP contribution in [0.4, 0.5) is 0 Å². The van der Waals surface area contributed by atoms with Gasteiger partial charge in [-0.25, -0.2) is 6.07 Å². The third kappa shape index (κ3) is 4.98. The Morgan fingerprint density at radius 3 is 1.75 bits per heavy atom. The average molecular weight is 382 g/mol. The summed E-state index contributed by atoms with van der Waals surface area (Å²) in [5.41, 5.74) is 2.91. The molecule has 0 aliphatic carbocycles. The summed E-state index contributed by atoms with van der Waals surface area (Å²) < 4.78 is 0. The van der Waals surface area contributed by atoms with Gasteiger partial charge < -0.3 is 37.2 Å². The molecule has 0 aromatic heterocycles. The Labute approximate surface area is 157 Å². The number of hydrogen-bond acceptors (Lipinski definition) is 0. The van der Waals surface area contributed by atoms with Crippen molar-refractivity contribution in [3.63, 3.8) is 0 Å². The van der Waals surface area contributed by atoms with E-state index in [1.165, 1.54) is 16.3 Å². The van der Waals surface area contributed by atoms with E-state index in [1.807, 2.05) is 0 Å². The maximum atomic E-state index is 2.43. The fraction of sp³-hybridized carbons (Fsp3) is 0.267. The Bertz CT molecular complexity index is 495. The molecule has 0 nitrogen and oxygen atoms in total. The maximum absolute atomic E-state index is 2.43. The van der Waals surface area contributed by atoms with Gasteiger partial charge in [0.1, 0.15) is 0 Å². The molecule has 0 heterocycles. The molecular formula is C15H19Cl3SiTi. The Kier molecular flexibility index (Phi) is 12.9. The largest absolute Gasteiger partial charge is 4.00 e. The third-order valence-corrected chi connectivity index (χ3v) is 7.33. The summed E-state index contributed by atoms with van der Waals surface area (Å²) in [4.78, 5) is 0. The van der Waals surface area contributed by atoms with Crippen LogP contribution in [0.2, 0.25) is 13.1 Å². The van der Waals surface area contributed by atoms with E-state index in [0.717, 1.165) is 0 Å². The fourth-order valence-corrected chi connectivity index (χ4v) is 5.33. The number of halogens is 3. The molecule has 20 heavy (non-hydrogen) atoms. The second-order valence-corrected chi connectivity index (χ2v) is 9.41. The number of aryl methyl sites for hydroxylation is 1. The second kappa shape index (κ2) is 10.2. The zero-order valence-corrected chi connectivity index (χ0v) is 17.0. The quantitative estimate of drug-likeness (QED) is 0.359. The molecule has 108 valence electrons. The van der Waals surface area contributed by atoms with Gasteiger partial charge in [0.2, 0.25) is 0 Å². The van der Waals surface area contributed by atoms with Gasteiger partial charge in [0, 0.05) is 0 Å². The molecule has 0 radical (unpaired) electrons. The minimum absolute atomic E-state index is 0. The Morgan fingerprint density at radius 1 is 0.850 bits per heavy atom. The normalized spacial score (nSPS) is 9.40. The van der Waals surface area contributed by atoms with Crippen LogP contribution in [0.5, 0.6) is 0 Å². The van der Waals surface area contributed by atoms with E-state index in [0.29, 0.717) is 0 Å². The molecule has 5 heteroatoms.